The van der Waals surface area contributed by atoms with Gasteiger partial charge >= 0.3 is 6.09 Å². The molecule has 0 unspecified atom stereocenters. The van der Waals surface area contributed by atoms with Gasteiger partial charge in [0.15, 0.2) is 0 Å². The molecule has 0 spiro atoms. The summed E-state index contributed by atoms with van der Waals surface area (Å²) in [5.74, 6) is -0.807. The van der Waals surface area contributed by atoms with Crippen molar-refractivity contribution in [2.75, 3.05) is 6.61 Å². The van der Waals surface area contributed by atoms with E-state index in [4.69, 9.17) is 9.16 Å². The van der Waals surface area contributed by atoms with E-state index in [-0.39, 0.29) is 35.7 Å². The zero-order chi connectivity index (χ0) is 29.1. The number of carbonyl (C=O) groups is 2. The van der Waals surface area contributed by atoms with E-state index in [1.54, 1.807) is 32.9 Å². The summed E-state index contributed by atoms with van der Waals surface area (Å²) in [6.07, 6.45) is -0.0267. The predicted molar refractivity (Wildman–Crippen MR) is 159 cm³/mol. The molecule has 3 aromatic carbocycles. The standard InChI is InChI=1S/C33H40FNO4Si/c1-32(2,3)39-31(37)35-27(21-25(22-30(35)36)24-17-19-26(34)20-18-24)23-38-40(33(4,5)6,28-13-9-7-10-14-28)29-15-11-8-12-16-29/h7-20,25,27H,21-23H2,1-6H3/t25-,27-/m0/s1. The Morgan fingerprint density at radius 3 is 1.88 bits per heavy atom. The number of nitrogens with zero attached hydrogens (tertiary/aromatic N) is 1. The van der Waals surface area contributed by atoms with Crippen LogP contribution in [0.25, 0.3) is 0 Å². The lowest BCUT2D eigenvalue weighted by molar-refractivity contribution is -0.136. The van der Waals surface area contributed by atoms with Crippen molar-refractivity contribution in [3.05, 3.63) is 96.3 Å². The molecule has 1 saturated heterocycles. The smallest absolute Gasteiger partial charge is 0.417 e. The van der Waals surface area contributed by atoms with E-state index in [9.17, 15) is 14.0 Å². The fourth-order valence-electron chi connectivity index (χ4n) is 5.71. The maximum atomic E-state index is 13.7. The molecular formula is C33H40FNO4Si. The van der Waals surface area contributed by atoms with Crippen LogP contribution in [-0.2, 0) is 14.0 Å². The first-order chi connectivity index (χ1) is 18.8. The molecule has 212 valence electrons. The van der Waals surface area contributed by atoms with Crippen LogP contribution in [0.1, 0.15) is 65.9 Å². The van der Waals surface area contributed by atoms with Crippen LogP contribution < -0.4 is 10.4 Å². The highest BCUT2D eigenvalue weighted by atomic mass is 28.4. The molecule has 0 aliphatic carbocycles. The van der Waals surface area contributed by atoms with Gasteiger partial charge in [-0.3, -0.25) is 4.79 Å². The maximum absolute atomic E-state index is 13.7. The lowest BCUT2D eigenvalue weighted by Gasteiger charge is -2.45. The van der Waals surface area contributed by atoms with Crippen LogP contribution in [0.4, 0.5) is 9.18 Å². The molecule has 0 radical (unpaired) electrons. The van der Waals surface area contributed by atoms with Gasteiger partial charge in [-0.2, -0.15) is 0 Å². The van der Waals surface area contributed by atoms with Crippen molar-refractivity contribution in [2.45, 2.75) is 77.0 Å². The van der Waals surface area contributed by atoms with E-state index in [1.807, 2.05) is 36.4 Å². The van der Waals surface area contributed by atoms with E-state index < -0.39 is 26.1 Å². The second kappa shape index (κ2) is 11.7. The van der Waals surface area contributed by atoms with Gasteiger partial charge in [-0.1, -0.05) is 93.6 Å². The second-order valence-electron chi connectivity index (χ2n) is 12.6. The lowest BCUT2D eigenvalue weighted by atomic mass is 9.85. The van der Waals surface area contributed by atoms with E-state index in [0.29, 0.717) is 6.42 Å². The van der Waals surface area contributed by atoms with Gasteiger partial charge in [-0.15, -0.1) is 0 Å². The van der Waals surface area contributed by atoms with Crippen molar-refractivity contribution in [3.8, 4) is 0 Å². The third-order valence-corrected chi connectivity index (χ3v) is 12.5. The number of hydrogen-bond acceptors (Lipinski definition) is 4. The van der Waals surface area contributed by atoms with Gasteiger partial charge in [0, 0.05) is 6.42 Å². The number of halogens is 1. The van der Waals surface area contributed by atoms with Gasteiger partial charge in [0.05, 0.1) is 12.6 Å². The van der Waals surface area contributed by atoms with E-state index >= 15 is 0 Å². The van der Waals surface area contributed by atoms with Crippen molar-refractivity contribution in [1.82, 2.24) is 4.90 Å². The number of likely N-dealkylation sites (tertiary alicyclic amines) is 1. The predicted octanol–water partition coefficient (Wildman–Crippen LogP) is 6.41. The molecule has 2 amide bonds. The Hall–Kier alpha value is -3.29. The molecule has 0 saturated carbocycles. The van der Waals surface area contributed by atoms with E-state index in [0.717, 1.165) is 15.9 Å². The Labute approximate surface area is 238 Å². The lowest BCUT2D eigenvalue weighted by Crippen LogP contribution is -2.67. The molecule has 1 aliphatic rings. The first-order valence-corrected chi connectivity index (χ1v) is 15.8. The minimum atomic E-state index is -2.91. The molecule has 0 bridgehead atoms. The Balaban J connectivity index is 1.75. The van der Waals surface area contributed by atoms with Crippen LogP contribution in [0, 0.1) is 5.82 Å². The van der Waals surface area contributed by atoms with Crippen LogP contribution in [0.2, 0.25) is 5.04 Å². The maximum Gasteiger partial charge on any atom is 0.417 e. The SMILES string of the molecule is CC(C)(C)OC(=O)N1C(=O)C[C@@H](c2ccc(F)cc2)C[C@H]1CO[Si](c1ccccc1)(c1ccccc1)C(C)(C)C. The summed E-state index contributed by atoms with van der Waals surface area (Å²) in [4.78, 5) is 28.2. The summed E-state index contributed by atoms with van der Waals surface area (Å²) in [5.41, 5.74) is 0.114. The Morgan fingerprint density at radius 2 is 1.40 bits per heavy atom. The highest BCUT2D eigenvalue weighted by molar-refractivity contribution is 6.99. The van der Waals surface area contributed by atoms with Gasteiger partial charge in [0.1, 0.15) is 11.4 Å². The van der Waals surface area contributed by atoms with Crippen molar-refractivity contribution < 1.29 is 23.1 Å². The molecule has 2 atom stereocenters. The number of imide groups is 1. The molecular weight excluding hydrogens is 521 g/mol. The highest BCUT2D eigenvalue weighted by Crippen LogP contribution is 2.39. The van der Waals surface area contributed by atoms with Crippen LogP contribution in [0.3, 0.4) is 0 Å². The first kappa shape index (κ1) is 29.7. The zero-order valence-corrected chi connectivity index (χ0v) is 25.3. The van der Waals surface area contributed by atoms with Crippen molar-refractivity contribution in [3.63, 3.8) is 0 Å². The van der Waals surface area contributed by atoms with Gasteiger partial charge < -0.3 is 9.16 Å². The normalized spacial score (nSPS) is 18.5. The Kier molecular flexibility index (Phi) is 8.66. The third-order valence-electron chi connectivity index (χ3n) is 7.45. The Morgan fingerprint density at radius 1 is 0.875 bits per heavy atom. The van der Waals surface area contributed by atoms with Crippen LogP contribution in [-0.4, -0.2) is 43.5 Å². The molecule has 0 N–H and O–H groups in total. The van der Waals surface area contributed by atoms with Crippen LogP contribution in [0.15, 0.2) is 84.9 Å². The fourth-order valence-corrected chi connectivity index (χ4v) is 10.3. The van der Waals surface area contributed by atoms with Crippen molar-refractivity contribution in [2.24, 2.45) is 0 Å². The van der Waals surface area contributed by atoms with Gasteiger partial charge in [-0.25, -0.2) is 14.1 Å². The highest BCUT2D eigenvalue weighted by Gasteiger charge is 2.51. The van der Waals surface area contributed by atoms with Gasteiger partial charge in [0.25, 0.3) is 8.32 Å². The summed E-state index contributed by atoms with van der Waals surface area (Å²) < 4.78 is 26.5. The second-order valence-corrected chi connectivity index (χ2v) is 16.9. The fraction of sp³-hybridized carbons (Fsp3) is 0.394. The first-order valence-electron chi connectivity index (χ1n) is 13.9. The van der Waals surface area contributed by atoms with Gasteiger partial charge in [0.2, 0.25) is 5.91 Å². The summed E-state index contributed by atoms with van der Waals surface area (Å²) >= 11 is 0. The molecule has 1 aliphatic heterocycles. The summed E-state index contributed by atoms with van der Waals surface area (Å²) in [5, 5.41) is 1.98. The molecule has 7 heteroatoms. The molecule has 1 fully saturated rings. The zero-order valence-electron chi connectivity index (χ0n) is 24.3. The third kappa shape index (κ3) is 6.37. The van der Waals surface area contributed by atoms with E-state index in [1.165, 1.54) is 17.0 Å². The number of ether oxygens (including phenoxy) is 1. The summed E-state index contributed by atoms with van der Waals surface area (Å²) in [7, 11) is -2.91. The minimum absolute atomic E-state index is 0.139. The largest absolute Gasteiger partial charge is 0.443 e. The molecule has 0 aromatic heterocycles. The molecule has 1 heterocycles. The summed E-state index contributed by atoms with van der Waals surface area (Å²) in [6.45, 7) is 12.1. The number of carbonyl (C=O) groups excluding carboxylic acids is 2. The average molecular weight is 562 g/mol. The number of hydrogen-bond donors (Lipinski definition) is 0. The topological polar surface area (TPSA) is 55.8 Å². The summed E-state index contributed by atoms with van der Waals surface area (Å²) in [6, 6.07) is 26.3. The molecule has 4 rings (SSSR count). The minimum Gasteiger partial charge on any atom is -0.443 e. The van der Waals surface area contributed by atoms with E-state index in [2.05, 4.69) is 45.0 Å². The van der Waals surface area contributed by atoms with Crippen molar-refractivity contribution in [1.29, 1.82) is 0 Å². The van der Waals surface area contributed by atoms with Crippen LogP contribution in [0.5, 0.6) is 0 Å². The quantitative estimate of drug-likeness (QED) is 0.326. The van der Waals surface area contributed by atoms with Crippen LogP contribution >= 0.6 is 0 Å². The van der Waals surface area contributed by atoms with Gasteiger partial charge in [-0.05, 0) is 66.2 Å². The average Bonchev–Trinajstić information content (AvgIpc) is 2.88. The number of piperidine rings is 1. The number of benzene rings is 3. The van der Waals surface area contributed by atoms with Crippen molar-refractivity contribution >= 4 is 30.7 Å². The molecule has 3 aromatic rings. The molecule has 40 heavy (non-hydrogen) atoms. The number of rotatable bonds is 6. The Bertz CT molecular complexity index is 1260. The molecule has 5 nitrogen and oxygen atoms in total. The number of amides is 2. The monoisotopic (exact) mass is 561 g/mol.